The van der Waals surface area contributed by atoms with Gasteiger partial charge in [0.1, 0.15) is 6.42 Å². The Morgan fingerprint density at radius 1 is 0.955 bits per heavy atom. The zero-order chi connectivity index (χ0) is 15.9. The van der Waals surface area contributed by atoms with Gasteiger partial charge in [0, 0.05) is 16.7 Å². The van der Waals surface area contributed by atoms with Crippen LogP contribution in [0.4, 0.5) is 5.69 Å². The zero-order valence-electron chi connectivity index (χ0n) is 12.2. The molecule has 0 spiro atoms. The predicted octanol–water partition coefficient (Wildman–Crippen LogP) is 3.40. The average Bonchev–Trinajstić information content (AvgIpc) is 2.49. The quantitative estimate of drug-likeness (QED) is 0.802. The van der Waals surface area contributed by atoms with E-state index in [2.05, 4.69) is 26.6 Å². The highest BCUT2D eigenvalue weighted by Gasteiger charge is 2.09. The second kappa shape index (κ2) is 7.75. The van der Waals surface area contributed by atoms with Gasteiger partial charge in [-0.05, 0) is 36.8 Å². The largest absolute Gasteiger partial charge is 0.352 e. The Hall–Kier alpha value is -2.14. The Balaban J connectivity index is 1.77. The van der Waals surface area contributed by atoms with Gasteiger partial charge in [-0.25, -0.2) is 0 Å². The van der Waals surface area contributed by atoms with Crippen molar-refractivity contribution in [3.8, 4) is 0 Å². The van der Waals surface area contributed by atoms with Crippen molar-refractivity contribution in [2.24, 2.45) is 0 Å². The van der Waals surface area contributed by atoms with Crippen LogP contribution in [0.5, 0.6) is 0 Å². The summed E-state index contributed by atoms with van der Waals surface area (Å²) in [6, 6.07) is 15.1. The minimum absolute atomic E-state index is 0.193. The van der Waals surface area contributed by atoms with Crippen molar-refractivity contribution in [1.82, 2.24) is 5.32 Å². The van der Waals surface area contributed by atoms with E-state index in [1.807, 2.05) is 43.3 Å². The summed E-state index contributed by atoms with van der Waals surface area (Å²) in [5, 5.41) is 5.42. The molecule has 0 radical (unpaired) electrons. The van der Waals surface area contributed by atoms with Crippen molar-refractivity contribution >= 4 is 33.4 Å². The van der Waals surface area contributed by atoms with Crippen LogP contribution in [0.1, 0.15) is 17.5 Å². The van der Waals surface area contributed by atoms with Crippen LogP contribution in [0.2, 0.25) is 0 Å². The summed E-state index contributed by atoms with van der Waals surface area (Å²) in [6.45, 7) is 2.43. The van der Waals surface area contributed by atoms with Gasteiger partial charge < -0.3 is 10.6 Å². The van der Waals surface area contributed by atoms with Crippen LogP contribution < -0.4 is 10.6 Å². The SMILES string of the molecule is Cc1ccc(CNC(=O)CC(=O)Nc2ccc(Br)cc2)cc1. The highest BCUT2D eigenvalue weighted by molar-refractivity contribution is 9.10. The van der Waals surface area contributed by atoms with Crippen LogP contribution in [0.3, 0.4) is 0 Å². The lowest BCUT2D eigenvalue weighted by Gasteiger charge is -2.07. The van der Waals surface area contributed by atoms with Gasteiger partial charge >= 0.3 is 0 Å². The summed E-state index contributed by atoms with van der Waals surface area (Å²) in [5.41, 5.74) is 2.84. The number of nitrogens with one attached hydrogen (secondary N) is 2. The number of rotatable bonds is 5. The number of carbonyl (C=O) groups excluding carboxylic acids is 2. The fourth-order valence-electron chi connectivity index (χ4n) is 1.85. The lowest BCUT2D eigenvalue weighted by molar-refractivity contribution is -0.126. The maximum absolute atomic E-state index is 11.8. The molecule has 0 atom stereocenters. The molecule has 0 aliphatic rings. The van der Waals surface area contributed by atoms with Gasteiger partial charge in [0.25, 0.3) is 0 Å². The first kappa shape index (κ1) is 16.2. The van der Waals surface area contributed by atoms with Gasteiger partial charge in [0.15, 0.2) is 0 Å². The van der Waals surface area contributed by atoms with E-state index in [1.54, 1.807) is 12.1 Å². The number of hydrogen-bond acceptors (Lipinski definition) is 2. The zero-order valence-corrected chi connectivity index (χ0v) is 13.8. The van der Waals surface area contributed by atoms with Gasteiger partial charge in [-0.3, -0.25) is 9.59 Å². The van der Waals surface area contributed by atoms with Crippen molar-refractivity contribution in [2.75, 3.05) is 5.32 Å². The Kier molecular flexibility index (Phi) is 5.72. The number of carbonyl (C=O) groups is 2. The maximum Gasteiger partial charge on any atom is 0.233 e. The molecule has 0 saturated carbocycles. The maximum atomic E-state index is 11.8. The van der Waals surface area contributed by atoms with E-state index in [4.69, 9.17) is 0 Å². The summed E-state index contributed by atoms with van der Waals surface area (Å²) in [6.07, 6.45) is -0.193. The summed E-state index contributed by atoms with van der Waals surface area (Å²) in [5.74, 6) is -0.626. The predicted molar refractivity (Wildman–Crippen MR) is 90.4 cm³/mol. The molecular weight excluding hydrogens is 344 g/mol. The van der Waals surface area contributed by atoms with Gasteiger partial charge in [-0.2, -0.15) is 0 Å². The second-order valence-electron chi connectivity index (χ2n) is 4.99. The molecule has 2 N–H and O–H groups in total. The van der Waals surface area contributed by atoms with E-state index in [1.165, 1.54) is 5.56 Å². The van der Waals surface area contributed by atoms with Gasteiger partial charge in [0.2, 0.25) is 11.8 Å². The number of hydrogen-bond donors (Lipinski definition) is 2. The summed E-state index contributed by atoms with van der Waals surface area (Å²) in [4.78, 5) is 23.5. The first-order valence-corrected chi connectivity index (χ1v) is 7.70. The molecule has 0 aromatic heterocycles. The molecule has 0 aliphatic carbocycles. The molecule has 2 rings (SSSR count). The lowest BCUT2D eigenvalue weighted by atomic mass is 10.1. The minimum Gasteiger partial charge on any atom is -0.352 e. The van der Waals surface area contributed by atoms with Crippen LogP contribution in [-0.4, -0.2) is 11.8 Å². The third-order valence-corrected chi connectivity index (χ3v) is 3.59. The lowest BCUT2D eigenvalue weighted by Crippen LogP contribution is -2.27. The number of anilines is 1. The van der Waals surface area contributed by atoms with E-state index < -0.39 is 0 Å². The number of benzene rings is 2. The molecule has 0 fully saturated rings. The summed E-state index contributed by atoms with van der Waals surface area (Å²) < 4.78 is 0.932. The van der Waals surface area contributed by atoms with Crippen LogP contribution in [0, 0.1) is 6.92 Å². The van der Waals surface area contributed by atoms with Crippen LogP contribution in [0.25, 0.3) is 0 Å². The monoisotopic (exact) mass is 360 g/mol. The van der Waals surface area contributed by atoms with Gasteiger partial charge in [-0.1, -0.05) is 45.8 Å². The standard InChI is InChI=1S/C17H17BrN2O2/c1-12-2-4-13(5-3-12)11-19-16(21)10-17(22)20-15-8-6-14(18)7-9-15/h2-9H,10-11H2,1H3,(H,19,21)(H,20,22). The van der Waals surface area contributed by atoms with E-state index >= 15 is 0 Å². The highest BCUT2D eigenvalue weighted by atomic mass is 79.9. The molecule has 2 amide bonds. The van der Waals surface area contributed by atoms with Crippen molar-refractivity contribution < 1.29 is 9.59 Å². The molecule has 0 unspecified atom stereocenters. The highest BCUT2D eigenvalue weighted by Crippen LogP contribution is 2.14. The molecule has 5 heteroatoms. The molecule has 22 heavy (non-hydrogen) atoms. The molecule has 4 nitrogen and oxygen atoms in total. The molecule has 2 aromatic carbocycles. The molecule has 114 valence electrons. The third kappa shape index (κ3) is 5.33. The molecular formula is C17H17BrN2O2. The second-order valence-corrected chi connectivity index (χ2v) is 5.91. The number of amides is 2. The van der Waals surface area contributed by atoms with Crippen molar-refractivity contribution in [3.63, 3.8) is 0 Å². The fraction of sp³-hybridized carbons (Fsp3) is 0.176. The number of halogens is 1. The molecule has 2 aromatic rings. The first-order valence-electron chi connectivity index (χ1n) is 6.90. The Morgan fingerprint density at radius 3 is 2.23 bits per heavy atom. The third-order valence-electron chi connectivity index (χ3n) is 3.06. The van der Waals surface area contributed by atoms with Crippen molar-refractivity contribution in [3.05, 3.63) is 64.1 Å². The fourth-order valence-corrected chi connectivity index (χ4v) is 2.12. The Labute approximate surface area is 138 Å². The van der Waals surface area contributed by atoms with Crippen LogP contribution in [0.15, 0.2) is 53.0 Å². The van der Waals surface area contributed by atoms with E-state index in [9.17, 15) is 9.59 Å². The Morgan fingerprint density at radius 2 is 1.59 bits per heavy atom. The van der Waals surface area contributed by atoms with Crippen LogP contribution >= 0.6 is 15.9 Å². The molecule has 0 saturated heterocycles. The van der Waals surface area contributed by atoms with Gasteiger partial charge in [-0.15, -0.1) is 0 Å². The average molecular weight is 361 g/mol. The van der Waals surface area contributed by atoms with E-state index in [0.717, 1.165) is 10.0 Å². The Bertz CT molecular complexity index is 651. The van der Waals surface area contributed by atoms with E-state index in [0.29, 0.717) is 12.2 Å². The smallest absolute Gasteiger partial charge is 0.233 e. The van der Waals surface area contributed by atoms with Gasteiger partial charge in [0.05, 0.1) is 0 Å². The van der Waals surface area contributed by atoms with Crippen molar-refractivity contribution in [1.29, 1.82) is 0 Å². The topological polar surface area (TPSA) is 58.2 Å². The minimum atomic E-state index is -0.330. The molecule has 0 bridgehead atoms. The van der Waals surface area contributed by atoms with Crippen LogP contribution in [-0.2, 0) is 16.1 Å². The summed E-state index contributed by atoms with van der Waals surface area (Å²) >= 11 is 3.32. The summed E-state index contributed by atoms with van der Waals surface area (Å²) in [7, 11) is 0. The van der Waals surface area contributed by atoms with Crippen molar-refractivity contribution in [2.45, 2.75) is 19.9 Å². The first-order chi connectivity index (χ1) is 10.5. The number of aryl methyl sites for hydroxylation is 1. The normalized spacial score (nSPS) is 10.1. The molecule has 0 aliphatic heterocycles. The molecule has 0 heterocycles. The van der Waals surface area contributed by atoms with E-state index in [-0.39, 0.29) is 18.2 Å².